The first-order valence-electron chi connectivity index (χ1n) is 7.00. The molecule has 0 aliphatic heterocycles. The largest absolute Gasteiger partial charge is 0.494 e. The van der Waals surface area contributed by atoms with Crippen molar-refractivity contribution in [3.05, 3.63) is 59.2 Å². The van der Waals surface area contributed by atoms with E-state index in [1.807, 2.05) is 0 Å². The van der Waals surface area contributed by atoms with Crippen LogP contribution in [-0.2, 0) is 0 Å². The molecule has 0 unspecified atom stereocenters. The van der Waals surface area contributed by atoms with Crippen LogP contribution in [0.4, 0.5) is 14.5 Å². The first kappa shape index (κ1) is 17.4. The summed E-state index contributed by atoms with van der Waals surface area (Å²) in [5.41, 5.74) is -0.309. The number of carbonyl (C=O) groups is 2. The van der Waals surface area contributed by atoms with Crippen molar-refractivity contribution in [2.24, 2.45) is 0 Å². The van der Waals surface area contributed by atoms with E-state index in [-0.39, 0.29) is 28.5 Å². The van der Waals surface area contributed by atoms with Gasteiger partial charge in [0.2, 0.25) is 0 Å². The van der Waals surface area contributed by atoms with Crippen molar-refractivity contribution < 1.29 is 23.1 Å². The Morgan fingerprint density at radius 3 is 2.46 bits per heavy atom. The molecule has 2 aromatic rings. The summed E-state index contributed by atoms with van der Waals surface area (Å²) in [6.07, 6.45) is 0. The topological polar surface area (TPSA) is 58.6 Å². The van der Waals surface area contributed by atoms with Crippen molar-refractivity contribution in [2.45, 2.75) is 0 Å². The quantitative estimate of drug-likeness (QED) is 0.935. The molecule has 1 N–H and O–H groups in total. The number of hydrogen-bond donors (Lipinski definition) is 1. The fraction of sp³-hybridized carbons (Fsp3) is 0.176. The molecular formula is C17H16F2N2O3. The minimum absolute atomic E-state index is 0.0975. The Hall–Kier alpha value is -2.96. The Morgan fingerprint density at radius 2 is 1.83 bits per heavy atom. The summed E-state index contributed by atoms with van der Waals surface area (Å²) in [7, 11) is 4.38. The zero-order valence-corrected chi connectivity index (χ0v) is 13.4. The normalized spacial score (nSPS) is 10.2. The van der Waals surface area contributed by atoms with Gasteiger partial charge in [0.1, 0.15) is 5.82 Å². The van der Waals surface area contributed by atoms with Gasteiger partial charge in [-0.25, -0.2) is 8.78 Å². The maximum atomic E-state index is 14.1. The van der Waals surface area contributed by atoms with Gasteiger partial charge in [-0.3, -0.25) is 9.59 Å². The van der Waals surface area contributed by atoms with Crippen molar-refractivity contribution in [1.82, 2.24) is 4.90 Å². The van der Waals surface area contributed by atoms with Crippen LogP contribution < -0.4 is 10.1 Å². The van der Waals surface area contributed by atoms with E-state index in [1.165, 1.54) is 42.3 Å². The van der Waals surface area contributed by atoms with E-state index in [4.69, 9.17) is 4.74 Å². The highest BCUT2D eigenvalue weighted by Gasteiger charge is 2.18. The number of hydrogen-bond acceptors (Lipinski definition) is 3. The van der Waals surface area contributed by atoms with E-state index in [9.17, 15) is 18.4 Å². The molecule has 0 aliphatic carbocycles. The summed E-state index contributed by atoms with van der Waals surface area (Å²) >= 11 is 0. The zero-order chi connectivity index (χ0) is 17.9. The van der Waals surface area contributed by atoms with Crippen molar-refractivity contribution in [3.8, 4) is 5.75 Å². The molecule has 0 aromatic heterocycles. The second-order valence-corrected chi connectivity index (χ2v) is 5.17. The van der Waals surface area contributed by atoms with Gasteiger partial charge in [-0.1, -0.05) is 6.07 Å². The second kappa shape index (κ2) is 7.08. The van der Waals surface area contributed by atoms with Crippen LogP contribution >= 0.6 is 0 Å². The molecule has 2 amide bonds. The molecular weight excluding hydrogens is 318 g/mol. The molecule has 0 spiro atoms. The van der Waals surface area contributed by atoms with Gasteiger partial charge in [-0.05, 0) is 30.3 Å². The standard InChI is InChI=1S/C17H16F2N2O3/c1-21(2)17(23)10-7-8-12(18)13(9-10)20-16(22)11-5-4-6-14(24-3)15(11)19/h4-9H,1-3H3,(H,20,22). The number of carbonyl (C=O) groups excluding carboxylic acids is 2. The van der Waals surface area contributed by atoms with Gasteiger partial charge in [0.05, 0.1) is 18.4 Å². The third-order valence-electron chi connectivity index (χ3n) is 3.30. The summed E-state index contributed by atoms with van der Waals surface area (Å²) in [6.45, 7) is 0. The van der Waals surface area contributed by atoms with Gasteiger partial charge in [-0.15, -0.1) is 0 Å². The van der Waals surface area contributed by atoms with Crippen LogP contribution in [0, 0.1) is 11.6 Å². The summed E-state index contributed by atoms with van der Waals surface area (Å²) in [6, 6.07) is 7.63. The molecule has 0 radical (unpaired) electrons. The number of ether oxygens (including phenoxy) is 1. The predicted molar refractivity (Wildman–Crippen MR) is 85.3 cm³/mol. The molecule has 5 nitrogen and oxygen atoms in total. The van der Waals surface area contributed by atoms with E-state index in [0.29, 0.717) is 0 Å². The molecule has 7 heteroatoms. The Morgan fingerprint density at radius 1 is 1.12 bits per heavy atom. The fourth-order valence-corrected chi connectivity index (χ4v) is 2.05. The molecule has 0 heterocycles. The molecule has 0 bridgehead atoms. The van der Waals surface area contributed by atoms with Crippen molar-refractivity contribution in [3.63, 3.8) is 0 Å². The number of halogens is 2. The maximum absolute atomic E-state index is 14.1. The summed E-state index contributed by atoms with van der Waals surface area (Å²) in [5.74, 6) is -2.88. The van der Waals surface area contributed by atoms with Crippen LogP contribution in [0.25, 0.3) is 0 Å². The monoisotopic (exact) mass is 334 g/mol. The molecule has 0 fully saturated rings. The van der Waals surface area contributed by atoms with Gasteiger partial charge >= 0.3 is 0 Å². The smallest absolute Gasteiger partial charge is 0.258 e. The van der Waals surface area contributed by atoms with Crippen molar-refractivity contribution >= 4 is 17.5 Å². The maximum Gasteiger partial charge on any atom is 0.258 e. The van der Waals surface area contributed by atoms with Crippen molar-refractivity contribution in [2.75, 3.05) is 26.5 Å². The van der Waals surface area contributed by atoms with Crippen LogP contribution in [0.1, 0.15) is 20.7 Å². The van der Waals surface area contributed by atoms with Gasteiger partial charge < -0.3 is 15.0 Å². The summed E-state index contributed by atoms with van der Waals surface area (Å²) in [5, 5.41) is 2.27. The van der Waals surface area contributed by atoms with Crippen molar-refractivity contribution in [1.29, 1.82) is 0 Å². The lowest BCUT2D eigenvalue weighted by atomic mass is 10.1. The van der Waals surface area contributed by atoms with Crippen LogP contribution in [0.3, 0.4) is 0 Å². The molecule has 0 saturated carbocycles. The van der Waals surface area contributed by atoms with Gasteiger partial charge in [0, 0.05) is 19.7 Å². The first-order chi connectivity index (χ1) is 11.3. The molecule has 24 heavy (non-hydrogen) atoms. The Kier molecular flexibility index (Phi) is 5.13. The van der Waals surface area contributed by atoms with E-state index >= 15 is 0 Å². The number of rotatable bonds is 4. The number of nitrogens with one attached hydrogen (secondary N) is 1. The molecule has 0 atom stereocenters. The van der Waals surface area contributed by atoms with E-state index in [1.54, 1.807) is 14.1 Å². The number of benzene rings is 2. The van der Waals surface area contributed by atoms with Crippen LogP contribution in [0.5, 0.6) is 5.75 Å². The van der Waals surface area contributed by atoms with E-state index in [2.05, 4.69) is 5.32 Å². The Labute approximate surface area is 137 Å². The average molecular weight is 334 g/mol. The molecule has 0 aliphatic rings. The molecule has 2 aromatic carbocycles. The number of anilines is 1. The minimum Gasteiger partial charge on any atom is -0.494 e. The summed E-state index contributed by atoms with van der Waals surface area (Å²) < 4.78 is 32.8. The lowest BCUT2D eigenvalue weighted by Gasteiger charge is -2.13. The van der Waals surface area contributed by atoms with Gasteiger partial charge in [0.25, 0.3) is 11.8 Å². The summed E-state index contributed by atoms with van der Waals surface area (Å²) in [4.78, 5) is 25.4. The van der Waals surface area contributed by atoms with E-state index in [0.717, 1.165) is 6.07 Å². The SMILES string of the molecule is COc1cccc(C(=O)Nc2cc(C(=O)N(C)C)ccc2F)c1F. The van der Waals surface area contributed by atoms with Gasteiger partial charge in [0.15, 0.2) is 11.6 Å². The zero-order valence-electron chi connectivity index (χ0n) is 13.4. The number of nitrogens with zero attached hydrogens (tertiary/aromatic N) is 1. The average Bonchev–Trinajstić information content (AvgIpc) is 2.56. The van der Waals surface area contributed by atoms with Crippen LogP contribution in [-0.4, -0.2) is 37.9 Å². The molecule has 2 rings (SSSR count). The lowest BCUT2D eigenvalue weighted by molar-refractivity contribution is 0.0827. The molecule has 0 saturated heterocycles. The third kappa shape index (κ3) is 3.51. The second-order valence-electron chi connectivity index (χ2n) is 5.17. The third-order valence-corrected chi connectivity index (χ3v) is 3.30. The highest BCUT2D eigenvalue weighted by atomic mass is 19.1. The Bertz CT molecular complexity index is 791. The van der Waals surface area contributed by atoms with Crippen LogP contribution in [0.15, 0.2) is 36.4 Å². The van der Waals surface area contributed by atoms with Gasteiger partial charge in [-0.2, -0.15) is 0 Å². The first-order valence-corrected chi connectivity index (χ1v) is 7.00. The predicted octanol–water partition coefficient (Wildman–Crippen LogP) is 2.93. The highest BCUT2D eigenvalue weighted by Crippen LogP contribution is 2.22. The number of methoxy groups -OCH3 is 1. The highest BCUT2D eigenvalue weighted by molar-refractivity contribution is 6.05. The van der Waals surface area contributed by atoms with Crippen LogP contribution in [0.2, 0.25) is 0 Å². The molecule has 126 valence electrons. The Balaban J connectivity index is 2.32. The fourth-order valence-electron chi connectivity index (χ4n) is 2.05. The lowest BCUT2D eigenvalue weighted by Crippen LogP contribution is -2.22. The van der Waals surface area contributed by atoms with E-state index < -0.39 is 17.5 Å². The number of amides is 2. The minimum atomic E-state index is -0.849.